The average molecular weight is 376 g/mol. The number of aliphatic hydroxyl groups excluding tert-OH is 1. The number of hydrogen-bond acceptors (Lipinski definition) is 3. The molecule has 0 aliphatic rings. The molecule has 0 aromatic heterocycles. The molecule has 0 spiro atoms. The Morgan fingerprint density at radius 1 is 1.29 bits per heavy atom. The Bertz CT molecular complexity index is 649. The van der Waals surface area contributed by atoms with Crippen LogP contribution in [-0.4, -0.2) is 12.2 Å². The SMILES string of the molecule is COc1cc(CO)cc(Cl)c1OCc1ccc(F)cc1Br. The van der Waals surface area contributed by atoms with Crippen LogP contribution in [-0.2, 0) is 13.2 Å². The molecule has 0 atom stereocenters. The molecule has 0 heterocycles. The van der Waals surface area contributed by atoms with Crippen molar-refractivity contribution in [2.45, 2.75) is 13.2 Å². The summed E-state index contributed by atoms with van der Waals surface area (Å²) in [6, 6.07) is 7.62. The van der Waals surface area contributed by atoms with E-state index in [0.29, 0.717) is 26.6 Å². The molecule has 0 aliphatic heterocycles. The molecule has 6 heteroatoms. The van der Waals surface area contributed by atoms with E-state index in [-0.39, 0.29) is 19.0 Å². The highest BCUT2D eigenvalue weighted by molar-refractivity contribution is 9.10. The molecule has 112 valence electrons. The van der Waals surface area contributed by atoms with E-state index in [4.69, 9.17) is 26.2 Å². The van der Waals surface area contributed by atoms with Crippen LogP contribution in [0.2, 0.25) is 5.02 Å². The Hall–Kier alpha value is -1.30. The summed E-state index contributed by atoms with van der Waals surface area (Å²) in [6.07, 6.45) is 0. The van der Waals surface area contributed by atoms with Gasteiger partial charge in [-0.2, -0.15) is 0 Å². The lowest BCUT2D eigenvalue weighted by Gasteiger charge is -2.14. The number of hydrogen-bond donors (Lipinski definition) is 1. The molecule has 0 unspecified atom stereocenters. The zero-order chi connectivity index (χ0) is 15.4. The lowest BCUT2D eigenvalue weighted by atomic mass is 10.2. The predicted molar refractivity (Wildman–Crippen MR) is 82.4 cm³/mol. The minimum atomic E-state index is -0.325. The van der Waals surface area contributed by atoms with Crippen molar-refractivity contribution in [3.05, 3.63) is 56.8 Å². The van der Waals surface area contributed by atoms with Gasteiger partial charge in [-0.05, 0) is 29.8 Å². The Balaban J connectivity index is 2.23. The van der Waals surface area contributed by atoms with Gasteiger partial charge in [-0.15, -0.1) is 0 Å². The molecule has 0 saturated heterocycles. The molecule has 3 nitrogen and oxygen atoms in total. The summed E-state index contributed by atoms with van der Waals surface area (Å²) in [5, 5.41) is 9.49. The number of aliphatic hydroxyl groups is 1. The van der Waals surface area contributed by atoms with E-state index < -0.39 is 0 Å². The summed E-state index contributed by atoms with van der Waals surface area (Å²) < 4.78 is 24.5. The predicted octanol–water partition coefficient (Wildman–Crippen LogP) is 4.32. The molecular weight excluding hydrogens is 363 g/mol. The van der Waals surface area contributed by atoms with E-state index in [0.717, 1.165) is 5.56 Å². The fourth-order valence-electron chi connectivity index (χ4n) is 1.79. The molecule has 2 rings (SSSR count). The van der Waals surface area contributed by atoms with Crippen molar-refractivity contribution in [1.29, 1.82) is 0 Å². The third kappa shape index (κ3) is 3.87. The lowest BCUT2D eigenvalue weighted by molar-refractivity contribution is 0.274. The molecule has 0 saturated carbocycles. The second-order valence-electron chi connectivity index (χ2n) is 4.29. The Morgan fingerprint density at radius 3 is 2.67 bits per heavy atom. The second kappa shape index (κ2) is 7.11. The minimum Gasteiger partial charge on any atom is -0.493 e. The molecule has 0 radical (unpaired) electrons. The molecular formula is C15H13BrClFO3. The van der Waals surface area contributed by atoms with Crippen molar-refractivity contribution in [2.75, 3.05) is 7.11 Å². The normalized spacial score (nSPS) is 10.5. The van der Waals surface area contributed by atoms with E-state index in [1.807, 2.05) is 0 Å². The maximum atomic E-state index is 13.0. The number of benzene rings is 2. The van der Waals surface area contributed by atoms with Crippen LogP contribution in [0.1, 0.15) is 11.1 Å². The highest BCUT2D eigenvalue weighted by Gasteiger charge is 2.13. The summed E-state index contributed by atoms with van der Waals surface area (Å²) in [5.41, 5.74) is 1.41. The van der Waals surface area contributed by atoms with Gasteiger partial charge in [0.05, 0.1) is 18.7 Å². The average Bonchev–Trinajstić information content (AvgIpc) is 2.46. The van der Waals surface area contributed by atoms with Crippen molar-refractivity contribution >= 4 is 27.5 Å². The molecule has 2 aromatic carbocycles. The fourth-order valence-corrected chi connectivity index (χ4v) is 2.55. The zero-order valence-electron chi connectivity index (χ0n) is 11.2. The topological polar surface area (TPSA) is 38.7 Å². The van der Waals surface area contributed by atoms with E-state index in [1.54, 1.807) is 18.2 Å². The molecule has 21 heavy (non-hydrogen) atoms. The van der Waals surface area contributed by atoms with Gasteiger partial charge in [0.1, 0.15) is 12.4 Å². The van der Waals surface area contributed by atoms with Gasteiger partial charge in [0.15, 0.2) is 11.5 Å². The Labute approximate surface area is 135 Å². The van der Waals surface area contributed by atoms with Crippen LogP contribution in [0.5, 0.6) is 11.5 Å². The quantitative estimate of drug-likeness (QED) is 0.846. The highest BCUT2D eigenvalue weighted by atomic mass is 79.9. The molecule has 0 bridgehead atoms. The van der Waals surface area contributed by atoms with Crippen LogP contribution in [0.25, 0.3) is 0 Å². The second-order valence-corrected chi connectivity index (χ2v) is 5.55. The monoisotopic (exact) mass is 374 g/mol. The van der Waals surface area contributed by atoms with Gasteiger partial charge in [-0.1, -0.05) is 33.6 Å². The van der Waals surface area contributed by atoms with Crippen molar-refractivity contribution in [3.8, 4) is 11.5 Å². The molecule has 2 aromatic rings. The molecule has 0 fully saturated rings. The van der Waals surface area contributed by atoms with Gasteiger partial charge < -0.3 is 14.6 Å². The van der Waals surface area contributed by atoms with Gasteiger partial charge in [0.25, 0.3) is 0 Å². The van der Waals surface area contributed by atoms with E-state index in [2.05, 4.69) is 15.9 Å². The number of ether oxygens (including phenoxy) is 2. The number of halogens is 3. The van der Waals surface area contributed by atoms with E-state index >= 15 is 0 Å². The largest absolute Gasteiger partial charge is 0.493 e. The maximum Gasteiger partial charge on any atom is 0.180 e. The van der Waals surface area contributed by atoms with E-state index in [9.17, 15) is 4.39 Å². The van der Waals surface area contributed by atoms with Crippen molar-refractivity contribution < 1.29 is 19.0 Å². The standard InChI is InChI=1S/C15H13BrClFO3/c1-20-14-5-9(7-19)4-13(17)15(14)21-8-10-2-3-11(18)6-12(10)16/h2-6,19H,7-8H2,1H3. The van der Waals surface area contributed by atoms with Crippen LogP contribution >= 0.6 is 27.5 Å². The smallest absolute Gasteiger partial charge is 0.180 e. The number of rotatable bonds is 5. The Morgan fingerprint density at radius 2 is 2.05 bits per heavy atom. The molecule has 0 aliphatic carbocycles. The number of methoxy groups -OCH3 is 1. The van der Waals surface area contributed by atoms with Gasteiger partial charge in [-0.3, -0.25) is 0 Å². The molecule has 1 N–H and O–H groups in total. The van der Waals surface area contributed by atoms with Gasteiger partial charge in [-0.25, -0.2) is 4.39 Å². The maximum absolute atomic E-state index is 13.0. The summed E-state index contributed by atoms with van der Waals surface area (Å²) in [7, 11) is 1.49. The first-order chi connectivity index (χ1) is 10.0. The lowest BCUT2D eigenvalue weighted by Crippen LogP contribution is -2.00. The van der Waals surface area contributed by atoms with Crippen LogP contribution in [0, 0.1) is 5.82 Å². The third-order valence-corrected chi connectivity index (χ3v) is 3.88. The first kappa shape index (κ1) is 16.1. The van der Waals surface area contributed by atoms with Crippen molar-refractivity contribution in [2.24, 2.45) is 0 Å². The van der Waals surface area contributed by atoms with Crippen LogP contribution < -0.4 is 9.47 Å². The minimum absolute atomic E-state index is 0.139. The first-order valence-corrected chi connectivity index (χ1v) is 7.26. The van der Waals surface area contributed by atoms with Crippen molar-refractivity contribution in [1.82, 2.24) is 0 Å². The van der Waals surface area contributed by atoms with Crippen LogP contribution in [0.15, 0.2) is 34.8 Å². The van der Waals surface area contributed by atoms with Gasteiger partial charge >= 0.3 is 0 Å². The third-order valence-electron chi connectivity index (χ3n) is 2.86. The van der Waals surface area contributed by atoms with Gasteiger partial charge in [0.2, 0.25) is 0 Å². The summed E-state index contributed by atoms with van der Waals surface area (Å²) in [5.74, 6) is 0.492. The van der Waals surface area contributed by atoms with Crippen LogP contribution in [0.4, 0.5) is 4.39 Å². The first-order valence-electron chi connectivity index (χ1n) is 6.09. The summed E-state index contributed by atoms with van der Waals surface area (Å²) >= 11 is 9.42. The Kier molecular flexibility index (Phi) is 5.45. The highest BCUT2D eigenvalue weighted by Crippen LogP contribution is 2.37. The fraction of sp³-hybridized carbons (Fsp3) is 0.200. The summed E-state index contributed by atoms with van der Waals surface area (Å²) in [6.45, 7) is 0.0648. The van der Waals surface area contributed by atoms with Crippen molar-refractivity contribution in [3.63, 3.8) is 0 Å². The molecule has 0 amide bonds. The zero-order valence-corrected chi connectivity index (χ0v) is 13.5. The summed E-state index contributed by atoms with van der Waals surface area (Å²) in [4.78, 5) is 0. The van der Waals surface area contributed by atoms with E-state index in [1.165, 1.54) is 19.2 Å². The van der Waals surface area contributed by atoms with Gasteiger partial charge in [0, 0.05) is 10.0 Å². The van der Waals surface area contributed by atoms with Crippen LogP contribution in [0.3, 0.4) is 0 Å².